The Balaban J connectivity index is 2.40. The summed E-state index contributed by atoms with van der Waals surface area (Å²) in [6.45, 7) is 5.24. The Morgan fingerprint density at radius 1 is 1.67 bits per heavy atom. The van der Waals surface area contributed by atoms with Crippen LogP contribution in [0.15, 0.2) is 5.38 Å². The van der Waals surface area contributed by atoms with Gasteiger partial charge in [0.15, 0.2) is 0 Å². The van der Waals surface area contributed by atoms with Crippen LogP contribution in [0.5, 0.6) is 0 Å². The van der Waals surface area contributed by atoms with E-state index in [2.05, 4.69) is 4.98 Å². The second-order valence-electron chi connectivity index (χ2n) is 3.86. The van der Waals surface area contributed by atoms with E-state index in [1.165, 1.54) is 6.92 Å². The van der Waals surface area contributed by atoms with Gasteiger partial charge in [-0.1, -0.05) is 6.92 Å². The van der Waals surface area contributed by atoms with Gasteiger partial charge in [0.1, 0.15) is 5.78 Å². The van der Waals surface area contributed by atoms with Gasteiger partial charge >= 0.3 is 0 Å². The average molecular weight is 227 g/mol. The number of carbonyl (C=O) groups is 1. The van der Waals surface area contributed by atoms with Crippen LogP contribution in [0.4, 0.5) is 0 Å². The van der Waals surface area contributed by atoms with Crippen LogP contribution in [0.2, 0.25) is 0 Å². The largest absolute Gasteiger partial charge is 0.392 e. The highest BCUT2D eigenvalue weighted by atomic mass is 32.1. The number of Topliss-reactive ketones (excluding diaryl/α,β-unsaturated/α-hetero) is 1. The molecule has 4 heteroatoms. The van der Waals surface area contributed by atoms with Crippen LogP contribution in [-0.2, 0) is 11.2 Å². The lowest BCUT2D eigenvalue weighted by atomic mass is 9.96. The first-order chi connectivity index (χ1) is 7.00. The van der Waals surface area contributed by atoms with E-state index >= 15 is 0 Å². The summed E-state index contributed by atoms with van der Waals surface area (Å²) < 4.78 is 0. The summed E-state index contributed by atoms with van der Waals surface area (Å²) in [6.07, 6.45) is 0.789. The molecule has 1 rings (SSSR count). The molecule has 0 amide bonds. The number of nitrogens with zero attached hydrogens (tertiary/aromatic N) is 1. The van der Waals surface area contributed by atoms with Crippen molar-refractivity contribution in [1.82, 2.24) is 4.98 Å². The molecule has 0 spiro atoms. The quantitative estimate of drug-likeness (QED) is 0.836. The van der Waals surface area contributed by atoms with E-state index in [4.69, 9.17) is 0 Å². The third kappa shape index (κ3) is 3.72. The predicted octanol–water partition coefficient (Wildman–Crippen LogP) is 1.97. The van der Waals surface area contributed by atoms with Crippen molar-refractivity contribution >= 4 is 17.1 Å². The van der Waals surface area contributed by atoms with Crippen LogP contribution < -0.4 is 0 Å². The molecule has 1 aromatic rings. The first-order valence-corrected chi connectivity index (χ1v) is 5.98. The monoisotopic (exact) mass is 227 g/mol. The highest BCUT2D eigenvalue weighted by Gasteiger charge is 2.18. The summed E-state index contributed by atoms with van der Waals surface area (Å²) in [7, 11) is 0. The van der Waals surface area contributed by atoms with Crippen molar-refractivity contribution < 1.29 is 9.90 Å². The highest BCUT2D eigenvalue weighted by molar-refractivity contribution is 7.09. The molecule has 1 heterocycles. The second-order valence-corrected chi connectivity index (χ2v) is 4.93. The number of carbonyl (C=O) groups excluding carboxylic acids is 1. The normalized spacial score (nSPS) is 14.9. The van der Waals surface area contributed by atoms with Crippen LogP contribution in [0.3, 0.4) is 0 Å². The number of rotatable bonds is 5. The van der Waals surface area contributed by atoms with Crippen molar-refractivity contribution in [3.63, 3.8) is 0 Å². The molecule has 0 bridgehead atoms. The fraction of sp³-hybridized carbons (Fsp3) is 0.636. The first-order valence-electron chi connectivity index (χ1n) is 5.10. The lowest BCUT2D eigenvalue weighted by Gasteiger charge is -2.15. The zero-order valence-electron chi connectivity index (χ0n) is 9.36. The molecule has 1 aromatic heterocycles. The summed E-state index contributed by atoms with van der Waals surface area (Å²) in [6, 6.07) is 0. The predicted molar refractivity (Wildman–Crippen MR) is 61.0 cm³/mol. The molecule has 3 nitrogen and oxygen atoms in total. The number of aliphatic hydroxyl groups excluding tert-OH is 1. The molecule has 0 saturated heterocycles. The van der Waals surface area contributed by atoms with Crippen molar-refractivity contribution in [2.45, 2.75) is 39.7 Å². The molecule has 2 unspecified atom stereocenters. The Bertz CT molecular complexity index is 335. The number of aryl methyl sites for hydroxylation is 2. The smallest absolute Gasteiger partial charge is 0.135 e. The molecular weight excluding hydrogens is 210 g/mol. The van der Waals surface area contributed by atoms with Gasteiger partial charge in [-0.25, -0.2) is 4.98 Å². The van der Waals surface area contributed by atoms with E-state index in [0.29, 0.717) is 6.42 Å². The first kappa shape index (κ1) is 12.3. The Labute approximate surface area is 94.2 Å². The second kappa shape index (κ2) is 5.37. The highest BCUT2D eigenvalue weighted by Crippen LogP contribution is 2.14. The van der Waals surface area contributed by atoms with Gasteiger partial charge in [-0.2, -0.15) is 0 Å². The standard InChI is InChI=1S/C11H17NO2S/c1-7(8(2)13)11(14)5-4-10-6-15-9(3)12-10/h6-7,11,14H,4-5H2,1-3H3. The number of hydrogen-bond acceptors (Lipinski definition) is 4. The van der Waals surface area contributed by atoms with Gasteiger partial charge in [0.2, 0.25) is 0 Å². The maximum absolute atomic E-state index is 11.0. The molecule has 0 aliphatic rings. The van der Waals surface area contributed by atoms with Crippen molar-refractivity contribution in [2.75, 3.05) is 0 Å². The molecule has 15 heavy (non-hydrogen) atoms. The fourth-order valence-corrected chi connectivity index (χ4v) is 1.99. The molecular formula is C11H17NO2S. The van der Waals surface area contributed by atoms with Crippen molar-refractivity contribution in [3.05, 3.63) is 16.1 Å². The molecule has 1 N–H and O–H groups in total. The lowest BCUT2D eigenvalue weighted by molar-refractivity contribution is -0.123. The zero-order valence-corrected chi connectivity index (χ0v) is 10.2. The van der Waals surface area contributed by atoms with Gasteiger partial charge in [-0.15, -0.1) is 11.3 Å². The van der Waals surface area contributed by atoms with Gasteiger partial charge in [0.25, 0.3) is 0 Å². The zero-order chi connectivity index (χ0) is 11.4. The summed E-state index contributed by atoms with van der Waals surface area (Å²) in [5.41, 5.74) is 1.01. The number of ketones is 1. The Morgan fingerprint density at radius 2 is 2.33 bits per heavy atom. The Morgan fingerprint density at radius 3 is 2.80 bits per heavy atom. The van der Waals surface area contributed by atoms with Crippen LogP contribution in [0.25, 0.3) is 0 Å². The van der Waals surface area contributed by atoms with E-state index in [0.717, 1.165) is 17.1 Å². The van der Waals surface area contributed by atoms with Crippen LogP contribution in [0, 0.1) is 12.8 Å². The van der Waals surface area contributed by atoms with Gasteiger partial charge in [0, 0.05) is 11.3 Å². The SMILES string of the molecule is CC(=O)C(C)C(O)CCc1csc(C)n1. The van der Waals surface area contributed by atoms with Crippen LogP contribution in [0.1, 0.15) is 31.0 Å². The molecule has 0 fully saturated rings. The minimum Gasteiger partial charge on any atom is -0.392 e. The maximum atomic E-state index is 11.0. The van der Waals surface area contributed by atoms with Crippen LogP contribution >= 0.6 is 11.3 Å². The van der Waals surface area contributed by atoms with Gasteiger partial charge in [0.05, 0.1) is 16.8 Å². The summed E-state index contributed by atoms with van der Waals surface area (Å²) in [5.74, 6) is -0.235. The van der Waals surface area contributed by atoms with E-state index in [-0.39, 0.29) is 11.7 Å². The molecule has 0 radical (unpaired) electrons. The maximum Gasteiger partial charge on any atom is 0.135 e. The Kier molecular flexibility index (Phi) is 4.42. The van der Waals surface area contributed by atoms with E-state index in [9.17, 15) is 9.90 Å². The molecule has 0 aromatic carbocycles. The van der Waals surface area contributed by atoms with Crippen molar-refractivity contribution in [2.24, 2.45) is 5.92 Å². The minimum absolute atomic E-state index is 0.0389. The molecule has 0 saturated carbocycles. The average Bonchev–Trinajstić information content (AvgIpc) is 2.59. The lowest BCUT2D eigenvalue weighted by Crippen LogP contribution is -2.24. The van der Waals surface area contributed by atoms with Gasteiger partial charge < -0.3 is 5.11 Å². The summed E-state index contributed by atoms with van der Waals surface area (Å²) in [5, 5.41) is 12.8. The molecule has 0 aliphatic carbocycles. The molecule has 2 atom stereocenters. The Hall–Kier alpha value is -0.740. The topological polar surface area (TPSA) is 50.2 Å². The number of aliphatic hydroxyl groups is 1. The third-order valence-corrected chi connectivity index (χ3v) is 3.40. The summed E-state index contributed by atoms with van der Waals surface area (Å²) in [4.78, 5) is 15.3. The summed E-state index contributed by atoms with van der Waals surface area (Å²) >= 11 is 1.61. The van der Waals surface area contributed by atoms with Crippen molar-refractivity contribution in [3.8, 4) is 0 Å². The van der Waals surface area contributed by atoms with E-state index in [1.54, 1.807) is 18.3 Å². The number of hydrogen-bond donors (Lipinski definition) is 1. The number of aromatic nitrogens is 1. The van der Waals surface area contributed by atoms with Crippen LogP contribution in [-0.4, -0.2) is 22.0 Å². The fourth-order valence-electron chi connectivity index (χ4n) is 1.34. The van der Waals surface area contributed by atoms with Gasteiger partial charge in [-0.05, 0) is 26.7 Å². The van der Waals surface area contributed by atoms with Gasteiger partial charge in [-0.3, -0.25) is 4.79 Å². The van der Waals surface area contributed by atoms with E-state index in [1.807, 2.05) is 12.3 Å². The third-order valence-electron chi connectivity index (χ3n) is 2.58. The number of thiazole rings is 1. The molecule has 0 aliphatic heterocycles. The van der Waals surface area contributed by atoms with E-state index < -0.39 is 6.10 Å². The molecule has 84 valence electrons. The van der Waals surface area contributed by atoms with Crippen molar-refractivity contribution in [1.29, 1.82) is 0 Å². The minimum atomic E-state index is -0.551.